The van der Waals surface area contributed by atoms with Crippen molar-refractivity contribution in [2.45, 2.75) is 46.2 Å². The van der Waals surface area contributed by atoms with Crippen LogP contribution in [0.5, 0.6) is 0 Å². The van der Waals surface area contributed by atoms with Gasteiger partial charge in [0, 0.05) is 25.4 Å². The van der Waals surface area contributed by atoms with Gasteiger partial charge in [-0.3, -0.25) is 4.68 Å². The average Bonchev–Trinajstić information content (AvgIpc) is 3.07. The van der Waals surface area contributed by atoms with Crippen molar-refractivity contribution in [3.63, 3.8) is 0 Å². The summed E-state index contributed by atoms with van der Waals surface area (Å²) in [5, 5.41) is 7.37. The van der Waals surface area contributed by atoms with Crippen LogP contribution in [0.2, 0.25) is 0 Å². The molecule has 0 unspecified atom stereocenters. The highest BCUT2D eigenvalue weighted by Gasteiger charge is 2.24. The first-order valence-corrected chi connectivity index (χ1v) is 8.78. The van der Waals surface area contributed by atoms with Crippen LogP contribution in [-0.4, -0.2) is 45.3 Å². The number of urea groups is 1. The van der Waals surface area contributed by atoms with E-state index in [0.717, 1.165) is 42.3 Å². The molecular formula is C15H26N4OS. The lowest BCUT2D eigenvalue weighted by Gasteiger charge is -2.23. The van der Waals surface area contributed by atoms with Gasteiger partial charge in [0.2, 0.25) is 0 Å². The lowest BCUT2D eigenvalue weighted by Crippen LogP contribution is -2.39. The van der Waals surface area contributed by atoms with Gasteiger partial charge in [0.25, 0.3) is 0 Å². The summed E-state index contributed by atoms with van der Waals surface area (Å²) in [5.74, 6) is 2.84. The Bertz CT molecular complexity index is 480. The van der Waals surface area contributed by atoms with Crippen LogP contribution in [0, 0.1) is 12.8 Å². The van der Waals surface area contributed by atoms with E-state index in [1.807, 2.05) is 35.3 Å². The Morgan fingerprint density at radius 3 is 3.00 bits per heavy atom. The molecule has 1 atom stereocenters. The summed E-state index contributed by atoms with van der Waals surface area (Å²) in [4.78, 5) is 14.1. The van der Waals surface area contributed by atoms with Crippen LogP contribution in [0.25, 0.3) is 0 Å². The number of hydrogen-bond donors (Lipinski definition) is 1. The molecule has 118 valence electrons. The van der Waals surface area contributed by atoms with Crippen molar-refractivity contribution in [1.29, 1.82) is 0 Å². The highest BCUT2D eigenvalue weighted by atomic mass is 32.2. The number of aromatic nitrogens is 2. The van der Waals surface area contributed by atoms with Gasteiger partial charge in [-0.05, 0) is 31.4 Å². The monoisotopic (exact) mass is 310 g/mol. The molecule has 1 aliphatic rings. The van der Waals surface area contributed by atoms with Gasteiger partial charge in [0.1, 0.15) is 0 Å². The van der Waals surface area contributed by atoms with E-state index in [1.54, 1.807) is 6.20 Å². The lowest BCUT2D eigenvalue weighted by molar-refractivity contribution is 0.209. The summed E-state index contributed by atoms with van der Waals surface area (Å²) in [6.45, 7) is 7.31. The minimum absolute atomic E-state index is 0.0333. The van der Waals surface area contributed by atoms with Crippen molar-refractivity contribution in [3.8, 4) is 0 Å². The third-order valence-electron chi connectivity index (χ3n) is 4.04. The molecular weight excluding hydrogens is 284 g/mol. The first kappa shape index (κ1) is 16.2. The second-order valence-corrected chi connectivity index (χ2v) is 7.26. The quantitative estimate of drug-likeness (QED) is 0.908. The Morgan fingerprint density at radius 1 is 1.62 bits per heavy atom. The molecule has 0 spiro atoms. The normalized spacial score (nSPS) is 18.2. The van der Waals surface area contributed by atoms with E-state index in [1.165, 1.54) is 0 Å². The Kier molecular flexibility index (Phi) is 5.56. The number of carbonyl (C=O) groups excluding carboxylic acids is 1. The van der Waals surface area contributed by atoms with Gasteiger partial charge in [-0.2, -0.15) is 16.9 Å². The predicted molar refractivity (Wildman–Crippen MR) is 88.9 cm³/mol. The van der Waals surface area contributed by atoms with Gasteiger partial charge in [0.15, 0.2) is 0 Å². The first-order valence-electron chi connectivity index (χ1n) is 7.63. The molecule has 1 aliphatic heterocycles. The molecule has 2 rings (SSSR count). The van der Waals surface area contributed by atoms with Crippen molar-refractivity contribution in [2.24, 2.45) is 5.92 Å². The Labute approximate surface area is 131 Å². The largest absolute Gasteiger partial charge is 0.324 e. The van der Waals surface area contributed by atoms with Crippen LogP contribution in [0.15, 0.2) is 6.20 Å². The minimum atomic E-state index is -0.0333. The summed E-state index contributed by atoms with van der Waals surface area (Å²) in [7, 11) is 1.88. The standard InChI is InChI=1S/C15H26N4OS/c1-11(2)5-7-19-12(3)14(9-16-19)17-15(20)18(4)13-6-8-21-10-13/h9,11,13H,5-8,10H2,1-4H3,(H,17,20)/t13-/m1/s1. The molecule has 1 N–H and O–H groups in total. The second kappa shape index (κ2) is 7.20. The van der Waals surface area contributed by atoms with Crippen molar-refractivity contribution in [3.05, 3.63) is 11.9 Å². The fraction of sp³-hybridized carbons (Fsp3) is 0.733. The summed E-state index contributed by atoms with van der Waals surface area (Å²) >= 11 is 1.91. The minimum Gasteiger partial charge on any atom is -0.324 e. The summed E-state index contributed by atoms with van der Waals surface area (Å²) < 4.78 is 1.97. The number of thioether (sulfide) groups is 1. The molecule has 1 aromatic heterocycles. The van der Waals surface area contributed by atoms with Crippen LogP contribution >= 0.6 is 11.8 Å². The van der Waals surface area contributed by atoms with Crippen LogP contribution in [0.3, 0.4) is 0 Å². The number of rotatable bonds is 5. The predicted octanol–water partition coefficient (Wildman–Crippen LogP) is 3.21. The van der Waals surface area contributed by atoms with Crippen LogP contribution in [0.1, 0.15) is 32.4 Å². The van der Waals surface area contributed by atoms with Crippen molar-refractivity contribution < 1.29 is 4.79 Å². The molecule has 21 heavy (non-hydrogen) atoms. The van der Waals surface area contributed by atoms with Crippen molar-refractivity contribution in [1.82, 2.24) is 14.7 Å². The first-order chi connectivity index (χ1) is 9.99. The van der Waals surface area contributed by atoms with E-state index in [-0.39, 0.29) is 6.03 Å². The molecule has 2 amide bonds. The van der Waals surface area contributed by atoms with Crippen LogP contribution in [0.4, 0.5) is 10.5 Å². The molecule has 0 bridgehead atoms. The maximum Gasteiger partial charge on any atom is 0.321 e. The van der Waals surface area contributed by atoms with Crippen LogP contribution < -0.4 is 5.32 Å². The Balaban J connectivity index is 1.94. The number of amides is 2. The number of carbonyl (C=O) groups is 1. The zero-order valence-corrected chi connectivity index (χ0v) is 14.2. The zero-order chi connectivity index (χ0) is 15.4. The zero-order valence-electron chi connectivity index (χ0n) is 13.4. The average molecular weight is 310 g/mol. The molecule has 0 saturated carbocycles. The molecule has 5 nitrogen and oxygen atoms in total. The third-order valence-corrected chi connectivity index (χ3v) is 5.18. The Morgan fingerprint density at radius 2 is 2.38 bits per heavy atom. The van der Waals surface area contributed by atoms with Crippen molar-refractivity contribution in [2.75, 3.05) is 23.9 Å². The SMILES string of the molecule is Cc1c(NC(=O)N(C)[C@@H]2CCSC2)cnn1CCC(C)C. The highest BCUT2D eigenvalue weighted by Crippen LogP contribution is 2.22. The fourth-order valence-corrected chi connectivity index (χ4v) is 3.64. The molecule has 2 heterocycles. The van der Waals surface area contributed by atoms with E-state index in [9.17, 15) is 4.79 Å². The molecule has 1 saturated heterocycles. The number of nitrogens with one attached hydrogen (secondary N) is 1. The molecule has 6 heteroatoms. The Hall–Kier alpha value is -1.17. The maximum absolute atomic E-state index is 12.3. The maximum atomic E-state index is 12.3. The van der Waals surface area contributed by atoms with Crippen molar-refractivity contribution >= 4 is 23.5 Å². The van der Waals surface area contributed by atoms with Gasteiger partial charge in [-0.1, -0.05) is 13.8 Å². The molecule has 0 radical (unpaired) electrons. The second-order valence-electron chi connectivity index (χ2n) is 6.11. The number of aryl methyl sites for hydroxylation is 1. The van der Waals surface area contributed by atoms with Gasteiger partial charge in [0.05, 0.1) is 17.6 Å². The van der Waals surface area contributed by atoms with E-state index in [4.69, 9.17) is 0 Å². The van der Waals surface area contributed by atoms with E-state index >= 15 is 0 Å². The molecule has 0 aliphatic carbocycles. The smallest absolute Gasteiger partial charge is 0.321 e. The summed E-state index contributed by atoms with van der Waals surface area (Å²) in [6, 6.07) is 0.320. The third kappa shape index (κ3) is 4.15. The molecule has 0 aromatic carbocycles. The summed E-state index contributed by atoms with van der Waals surface area (Å²) in [6.07, 6.45) is 3.93. The topological polar surface area (TPSA) is 50.2 Å². The van der Waals surface area contributed by atoms with E-state index < -0.39 is 0 Å². The fourth-order valence-electron chi connectivity index (χ4n) is 2.37. The van der Waals surface area contributed by atoms with Crippen LogP contribution in [-0.2, 0) is 6.54 Å². The van der Waals surface area contributed by atoms with E-state index in [2.05, 4.69) is 24.3 Å². The number of nitrogens with zero attached hydrogens (tertiary/aromatic N) is 3. The van der Waals surface area contributed by atoms with Gasteiger partial charge in [-0.15, -0.1) is 0 Å². The highest BCUT2D eigenvalue weighted by molar-refractivity contribution is 7.99. The van der Waals surface area contributed by atoms with Gasteiger partial charge < -0.3 is 10.2 Å². The number of hydrogen-bond acceptors (Lipinski definition) is 3. The van der Waals surface area contributed by atoms with Gasteiger partial charge >= 0.3 is 6.03 Å². The lowest BCUT2D eigenvalue weighted by atomic mass is 10.1. The van der Waals surface area contributed by atoms with E-state index in [0.29, 0.717) is 12.0 Å². The van der Waals surface area contributed by atoms with Gasteiger partial charge in [-0.25, -0.2) is 4.79 Å². The molecule has 1 fully saturated rings. The number of anilines is 1. The summed E-state index contributed by atoms with van der Waals surface area (Å²) in [5.41, 5.74) is 1.85. The molecule has 1 aromatic rings.